The van der Waals surface area contributed by atoms with E-state index in [-0.39, 0.29) is 23.6 Å². The SMILES string of the molecule is O=C(Cc1ccn[nH]1)Nc1ccc(I)cc1C(=O)O. The molecule has 2 aromatic rings. The molecule has 1 heterocycles. The number of carbonyl (C=O) groups excluding carboxylic acids is 1. The van der Waals surface area contributed by atoms with Gasteiger partial charge in [0, 0.05) is 15.5 Å². The van der Waals surface area contributed by atoms with Crippen molar-refractivity contribution in [2.75, 3.05) is 5.32 Å². The van der Waals surface area contributed by atoms with Crippen LogP contribution < -0.4 is 5.32 Å². The molecule has 98 valence electrons. The fraction of sp³-hybridized carbons (Fsp3) is 0.0833. The molecule has 0 aliphatic rings. The molecule has 19 heavy (non-hydrogen) atoms. The van der Waals surface area contributed by atoms with Gasteiger partial charge in [0.05, 0.1) is 17.7 Å². The number of aromatic nitrogens is 2. The first kappa shape index (κ1) is 13.5. The van der Waals surface area contributed by atoms with E-state index in [0.29, 0.717) is 5.69 Å². The van der Waals surface area contributed by atoms with Gasteiger partial charge in [-0.15, -0.1) is 0 Å². The average molecular weight is 371 g/mol. The van der Waals surface area contributed by atoms with Crippen LogP contribution in [0.3, 0.4) is 0 Å². The Labute approximate surface area is 122 Å². The molecule has 0 bridgehead atoms. The lowest BCUT2D eigenvalue weighted by Gasteiger charge is -2.08. The van der Waals surface area contributed by atoms with Gasteiger partial charge in [-0.3, -0.25) is 9.89 Å². The van der Waals surface area contributed by atoms with E-state index in [9.17, 15) is 9.59 Å². The maximum Gasteiger partial charge on any atom is 0.337 e. The number of hydrogen-bond acceptors (Lipinski definition) is 3. The molecule has 6 nitrogen and oxygen atoms in total. The lowest BCUT2D eigenvalue weighted by molar-refractivity contribution is -0.115. The highest BCUT2D eigenvalue weighted by Gasteiger charge is 2.13. The predicted molar refractivity (Wildman–Crippen MR) is 77.0 cm³/mol. The summed E-state index contributed by atoms with van der Waals surface area (Å²) in [6.45, 7) is 0. The smallest absolute Gasteiger partial charge is 0.337 e. The lowest BCUT2D eigenvalue weighted by atomic mass is 10.1. The Morgan fingerprint density at radius 1 is 1.37 bits per heavy atom. The third-order valence-corrected chi connectivity index (χ3v) is 3.07. The van der Waals surface area contributed by atoms with Gasteiger partial charge in [0.2, 0.25) is 5.91 Å². The molecular weight excluding hydrogens is 361 g/mol. The second-order valence-corrected chi connectivity index (χ2v) is 5.05. The first-order valence-electron chi connectivity index (χ1n) is 5.37. The zero-order chi connectivity index (χ0) is 13.8. The topological polar surface area (TPSA) is 95.1 Å². The van der Waals surface area contributed by atoms with Gasteiger partial charge in [-0.25, -0.2) is 4.79 Å². The minimum atomic E-state index is -1.07. The van der Waals surface area contributed by atoms with Gasteiger partial charge in [-0.1, -0.05) is 0 Å². The monoisotopic (exact) mass is 371 g/mol. The van der Waals surface area contributed by atoms with Crippen LogP contribution in [0.5, 0.6) is 0 Å². The molecule has 0 saturated heterocycles. The zero-order valence-corrected chi connectivity index (χ0v) is 11.8. The second-order valence-electron chi connectivity index (χ2n) is 3.80. The Morgan fingerprint density at radius 3 is 2.79 bits per heavy atom. The number of halogens is 1. The summed E-state index contributed by atoms with van der Waals surface area (Å²) >= 11 is 2.02. The molecule has 0 fully saturated rings. The number of aromatic carboxylic acids is 1. The van der Waals surface area contributed by atoms with Gasteiger partial charge >= 0.3 is 5.97 Å². The average Bonchev–Trinajstić information content (AvgIpc) is 2.83. The van der Waals surface area contributed by atoms with E-state index in [1.165, 1.54) is 6.07 Å². The van der Waals surface area contributed by atoms with Crippen LogP contribution in [0.15, 0.2) is 30.5 Å². The number of hydrogen-bond donors (Lipinski definition) is 3. The number of H-pyrrole nitrogens is 1. The fourth-order valence-corrected chi connectivity index (χ4v) is 2.04. The summed E-state index contributed by atoms with van der Waals surface area (Å²) in [6, 6.07) is 6.51. The number of nitrogens with zero attached hydrogens (tertiary/aromatic N) is 1. The summed E-state index contributed by atoms with van der Waals surface area (Å²) in [7, 11) is 0. The van der Waals surface area contributed by atoms with Gasteiger partial charge in [-0.05, 0) is 46.9 Å². The van der Waals surface area contributed by atoms with Crippen molar-refractivity contribution in [3.63, 3.8) is 0 Å². The highest BCUT2D eigenvalue weighted by molar-refractivity contribution is 14.1. The number of carboxylic acids is 1. The first-order chi connectivity index (χ1) is 9.06. The number of carbonyl (C=O) groups is 2. The molecule has 0 atom stereocenters. The van der Waals surface area contributed by atoms with Gasteiger partial charge in [-0.2, -0.15) is 5.10 Å². The lowest BCUT2D eigenvalue weighted by Crippen LogP contribution is -2.17. The van der Waals surface area contributed by atoms with Gasteiger partial charge in [0.15, 0.2) is 0 Å². The second kappa shape index (κ2) is 5.83. The molecule has 0 aliphatic carbocycles. The first-order valence-corrected chi connectivity index (χ1v) is 6.45. The highest BCUT2D eigenvalue weighted by atomic mass is 127. The molecule has 0 radical (unpaired) electrons. The largest absolute Gasteiger partial charge is 0.478 e. The van der Waals surface area contributed by atoms with Crippen LogP contribution in [-0.4, -0.2) is 27.2 Å². The van der Waals surface area contributed by atoms with Crippen LogP contribution in [0.4, 0.5) is 5.69 Å². The summed E-state index contributed by atoms with van der Waals surface area (Å²) in [5.41, 5.74) is 1.03. The number of nitrogens with one attached hydrogen (secondary N) is 2. The summed E-state index contributed by atoms with van der Waals surface area (Å²) in [4.78, 5) is 22.9. The van der Waals surface area contributed by atoms with E-state index in [0.717, 1.165) is 3.57 Å². The van der Waals surface area contributed by atoms with Crippen LogP contribution in [0.2, 0.25) is 0 Å². The minimum Gasteiger partial charge on any atom is -0.478 e. The van der Waals surface area contributed by atoms with Crippen LogP contribution in [0.1, 0.15) is 16.1 Å². The van der Waals surface area contributed by atoms with Crippen molar-refractivity contribution >= 4 is 40.2 Å². The Morgan fingerprint density at radius 2 is 2.16 bits per heavy atom. The van der Waals surface area contributed by atoms with Gasteiger partial charge in [0.25, 0.3) is 0 Å². The normalized spacial score (nSPS) is 10.2. The number of rotatable bonds is 4. The van der Waals surface area contributed by atoms with E-state index in [1.54, 1.807) is 24.4 Å². The maximum absolute atomic E-state index is 11.8. The van der Waals surface area contributed by atoms with E-state index >= 15 is 0 Å². The summed E-state index contributed by atoms with van der Waals surface area (Å²) < 4.78 is 0.793. The number of benzene rings is 1. The van der Waals surface area contributed by atoms with Crippen LogP contribution >= 0.6 is 22.6 Å². The molecule has 3 N–H and O–H groups in total. The molecule has 2 rings (SSSR count). The Bertz CT molecular complexity index is 611. The number of amides is 1. The van der Waals surface area contributed by atoms with E-state index in [4.69, 9.17) is 5.11 Å². The van der Waals surface area contributed by atoms with Crippen molar-refractivity contribution < 1.29 is 14.7 Å². The van der Waals surface area contributed by atoms with Crippen LogP contribution in [-0.2, 0) is 11.2 Å². The summed E-state index contributed by atoms with van der Waals surface area (Å²) in [6.07, 6.45) is 1.67. The number of aromatic amines is 1. The predicted octanol–water partition coefficient (Wildman–Crippen LogP) is 1.89. The molecule has 7 heteroatoms. The molecule has 0 unspecified atom stereocenters. The number of anilines is 1. The quantitative estimate of drug-likeness (QED) is 0.716. The van der Waals surface area contributed by atoms with Crippen molar-refractivity contribution in [2.45, 2.75) is 6.42 Å². The molecule has 0 aliphatic heterocycles. The van der Waals surface area contributed by atoms with Crippen molar-refractivity contribution in [3.8, 4) is 0 Å². The maximum atomic E-state index is 11.8. The number of carboxylic acid groups (broad SMARTS) is 1. The molecule has 1 amide bonds. The third-order valence-electron chi connectivity index (χ3n) is 2.40. The molecule has 1 aromatic carbocycles. The van der Waals surface area contributed by atoms with Gasteiger partial charge < -0.3 is 10.4 Å². The summed E-state index contributed by atoms with van der Waals surface area (Å²) in [5, 5.41) is 18.1. The Hall–Kier alpha value is -1.90. The standard InChI is InChI=1S/C12H10IN3O3/c13-7-1-2-10(9(5-7)12(18)19)15-11(17)6-8-3-4-14-16-8/h1-5H,6H2,(H,14,16)(H,15,17)(H,18,19). The van der Waals surface area contributed by atoms with E-state index < -0.39 is 5.97 Å². The molecule has 0 spiro atoms. The van der Waals surface area contributed by atoms with Crippen LogP contribution in [0.25, 0.3) is 0 Å². The summed E-state index contributed by atoms with van der Waals surface area (Å²) in [5.74, 6) is -1.37. The van der Waals surface area contributed by atoms with Crippen LogP contribution in [0, 0.1) is 3.57 Å². The molecule has 0 saturated carbocycles. The molecular formula is C12H10IN3O3. The highest BCUT2D eigenvalue weighted by Crippen LogP contribution is 2.19. The van der Waals surface area contributed by atoms with Crippen molar-refractivity contribution in [2.24, 2.45) is 0 Å². The Kier molecular flexibility index (Phi) is 4.15. The van der Waals surface area contributed by atoms with Crippen molar-refractivity contribution in [1.29, 1.82) is 0 Å². The minimum absolute atomic E-state index is 0.0739. The van der Waals surface area contributed by atoms with E-state index in [1.807, 2.05) is 22.6 Å². The zero-order valence-electron chi connectivity index (χ0n) is 9.68. The van der Waals surface area contributed by atoms with E-state index in [2.05, 4.69) is 15.5 Å². The van der Waals surface area contributed by atoms with Crippen molar-refractivity contribution in [3.05, 3.63) is 45.3 Å². The van der Waals surface area contributed by atoms with Crippen molar-refractivity contribution in [1.82, 2.24) is 10.2 Å². The fourth-order valence-electron chi connectivity index (χ4n) is 1.55. The molecule has 1 aromatic heterocycles. The Balaban J connectivity index is 2.14. The third kappa shape index (κ3) is 3.53. The van der Waals surface area contributed by atoms with Gasteiger partial charge in [0.1, 0.15) is 0 Å².